The average Bonchev–Trinajstić information content (AvgIpc) is 2.41. The highest BCUT2D eigenvalue weighted by atomic mass is 79.9. The lowest BCUT2D eigenvalue weighted by Gasteiger charge is -2.10. The van der Waals surface area contributed by atoms with Crippen molar-refractivity contribution in [1.82, 2.24) is 0 Å². The van der Waals surface area contributed by atoms with Gasteiger partial charge in [-0.25, -0.2) is 4.39 Å². The standard InChI is InChI=1S/C15H15BrFNO/c1-10-7-11(3-5-13(10)16)9-18-12-4-6-14(17)15(8-12)19-2/h3-8,18H,9H2,1-2H3. The van der Waals surface area contributed by atoms with Crippen molar-refractivity contribution in [2.45, 2.75) is 13.5 Å². The summed E-state index contributed by atoms with van der Waals surface area (Å²) in [6, 6.07) is 10.9. The number of ether oxygens (including phenoxy) is 1. The number of anilines is 1. The molecule has 2 rings (SSSR count). The van der Waals surface area contributed by atoms with E-state index in [1.165, 1.54) is 24.3 Å². The van der Waals surface area contributed by atoms with Crippen LogP contribution in [0.3, 0.4) is 0 Å². The molecule has 2 nitrogen and oxygen atoms in total. The fourth-order valence-corrected chi connectivity index (χ4v) is 2.04. The molecule has 4 heteroatoms. The first-order chi connectivity index (χ1) is 9.10. The van der Waals surface area contributed by atoms with Crippen LogP contribution in [0.25, 0.3) is 0 Å². The van der Waals surface area contributed by atoms with Crippen LogP contribution in [0.4, 0.5) is 10.1 Å². The van der Waals surface area contributed by atoms with E-state index in [0.717, 1.165) is 10.2 Å². The number of benzene rings is 2. The van der Waals surface area contributed by atoms with Gasteiger partial charge in [0.25, 0.3) is 0 Å². The van der Waals surface area contributed by atoms with Gasteiger partial charge in [0.05, 0.1) is 7.11 Å². The van der Waals surface area contributed by atoms with Gasteiger partial charge < -0.3 is 10.1 Å². The zero-order chi connectivity index (χ0) is 13.8. The number of hydrogen-bond donors (Lipinski definition) is 1. The third kappa shape index (κ3) is 3.47. The van der Waals surface area contributed by atoms with Crippen LogP contribution in [0, 0.1) is 12.7 Å². The van der Waals surface area contributed by atoms with Crippen LogP contribution < -0.4 is 10.1 Å². The summed E-state index contributed by atoms with van der Waals surface area (Å²) in [7, 11) is 1.46. The minimum absolute atomic E-state index is 0.247. The van der Waals surface area contributed by atoms with Crippen molar-refractivity contribution in [3.63, 3.8) is 0 Å². The van der Waals surface area contributed by atoms with Gasteiger partial charge in [-0.3, -0.25) is 0 Å². The molecule has 0 radical (unpaired) electrons. The Morgan fingerprint density at radius 3 is 2.68 bits per heavy atom. The Bertz CT molecular complexity index is 586. The molecule has 0 heterocycles. The summed E-state index contributed by atoms with van der Waals surface area (Å²) in [5, 5.41) is 3.25. The van der Waals surface area contributed by atoms with Crippen LogP contribution in [0.15, 0.2) is 40.9 Å². The Kier molecular flexibility index (Phi) is 4.43. The van der Waals surface area contributed by atoms with Gasteiger partial charge in [-0.2, -0.15) is 0 Å². The first-order valence-corrected chi connectivity index (χ1v) is 6.72. The number of methoxy groups -OCH3 is 1. The molecule has 19 heavy (non-hydrogen) atoms. The molecule has 0 aromatic heterocycles. The summed E-state index contributed by atoms with van der Waals surface area (Å²) in [4.78, 5) is 0. The van der Waals surface area contributed by atoms with Crippen molar-refractivity contribution in [2.75, 3.05) is 12.4 Å². The van der Waals surface area contributed by atoms with Crippen LogP contribution in [-0.2, 0) is 6.54 Å². The van der Waals surface area contributed by atoms with Crippen LogP contribution in [0.5, 0.6) is 5.75 Å². The lowest BCUT2D eigenvalue weighted by Crippen LogP contribution is -2.00. The first kappa shape index (κ1) is 13.9. The van der Waals surface area contributed by atoms with Crippen LogP contribution in [0.2, 0.25) is 0 Å². The Hall–Kier alpha value is -1.55. The summed E-state index contributed by atoms with van der Waals surface area (Å²) < 4.78 is 19.3. The molecular weight excluding hydrogens is 309 g/mol. The van der Waals surface area contributed by atoms with Crippen molar-refractivity contribution >= 4 is 21.6 Å². The molecule has 0 amide bonds. The van der Waals surface area contributed by atoms with Gasteiger partial charge in [0.2, 0.25) is 0 Å². The van der Waals surface area contributed by atoms with Crippen LogP contribution in [0.1, 0.15) is 11.1 Å². The fraction of sp³-hybridized carbons (Fsp3) is 0.200. The SMILES string of the molecule is COc1cc(NCc2ccc(Br)c(C)c2)ccc1F. The molecule has 1 N–H and O–H groups in total. The highest BCUT2D eigenvalue weighted by Crippen LogP contribution is 2.22. The zero-order valence-electron chi connectivity index (χ0n) is 10.8. The zero-order valence-corrected chi connectivity index (χ0v) is 12.4. The van der Waals surface area contributed by atoms with Crippen LogP contribution in [-0.4, -0.2) is 7.11 Å². The van der Waals surface area contributed by atoms with E-state index in [9.17, 15) is 4.39 Å². The predicted octanol–water partition coefficient (Wildman–Crippen LogP) is 4.52. The van der Waals surface area contributed by atoms with Crippen molar-refractivity contribution in [2.24, 2.45) is 0 Å². The van der Waals surface area contributed by atoms with E-state index < -0.39 is 0 Å². The number of aryl methyl sites for hydroxylation is 1. The molecule has 0 saturated carbocycles. The van der Waals surface area contributed by atoms with Crippen LogP contribution >= 0.6 is 15.9 Å². The monoisotopic (exact) mass is 323 g/mol. The molecule has 0 bridgehead atoms. The molecule has 0 unspecified atom stereocenters. The molecule has 0 aliphatic heterocycles. The second-order valence-corrected chi connectivity index (χ2v) is 5.14. The summed E-state index contributed by atoms with van der Waals surface area (Å²) in [5.74, 6) is -0.107. The first-order valence-electron chi connectivity index (χ1n) is 5.92. The maximum absolute atomic E-state index is 13.3. The minimum Gasteiger partial charge on any atom is -0.494 e. The van der Waals surface area contributed by atoms with Gasteiger partial charge in [0.15, 0.2) is 11.6 Å². The third-order valence-electron chi connectivity index (χ3n) is 2.87. The number of hydrogen-bond acceptors (Lipinski definition) is 2. The molecule has 2 aromatic rings. The molecule has 0 fully saturated rings. The largest absolute Gasteiger partial charge is 0.494 e. The highest BCUT2D eigenvalue weighted by Gasteiger charge is 2.03. The van der Waals surface area contributed by atoms with Crippen molar-refractivity contribution in [3.8, 4) is 5.75 Å². The Morgan fingerprint density at radius 2 is 2.00 bits per heavy atom. The topological polar surface area (TPSA) is 21.3 Å². The molecule has 100 valence electrons. The molecule has 0 atom stereocenters. The number of rotatable bonds is 4. The molecule has 2 aromatic carbocycles. The highest BCUT2D eigenvalue weighted by molar-refractivity contribution is 9.10. The van der Waals surface area contributed by atoms with E-state index in [2.05, 4.69) is 34.2 Å². The van der Waals surface area contributed by atoms with E-state index in [1.807, 2.05) is 12.1 Å². The Labute approximate surface area is 120 Å². The van der Waals surface area contributed by atoms with Gasteiger partial charge in [-0.05, 0) is 36.2 Å². The number of halogens is 2. The summed E-state index contributed by atoms with van der Waals surface area (Å²) >= 11 is 3.47. The van der Waals surface area contributed by atoms with Crippen molar-refractivity contribution in [3.05, 3.63) is 57.8 Å². The smallest absolute Gasteiger partial charge is 0.165 e. The van der Waals surface area contributed by atoms with Gasteiger partial charge in [-0.1, -0.05) is 28.1 Å². The van der Waals surface area contributed by atoms with E-state index >= 15 is 0 Å². The average molecular weight is 324 g/mol. The molecule has 0 saturated heterocycles. The van der Waals surface area contributed by atoms with Crippen molar-refractivity contribution < 1.29 is 9.13 Å². The quantitative estimate of drug-likeness (QED) is 0.893. The van der Waals surface area contributed by atoms with E-state index in [-0.39, 0.29) is 11.6 Å². The summed E-state index contributed by atoms with van der Waals surface area (Å²) in [6.45, 7) is 2.73. The van der Waals surface area contributed by atoms with Gasteiger partial charge in [0, 0.05) is 22.8 Å². The maximum Gasteiger partial charge on any atom is 0.165 e. The Morgan fingerprint density at radius 1 is 1.21 bits per heavy atom. The fourth-order valence-electron chi connectivity index (χ4n) is 1.79. The van der Waals surface area contributed by atoms with E-state index in [0.29, 0.717) is 6.54 Å². The lowest BCUT2D eigenvalue weighted by atomic mass is 10.1. The lowest BCUT2D eigenvalue weighted by molar-refractivity contribution is 0.387. The minimum atomic E-state index is -0.354. The van der Waals surface area contributed by atoms with Gasteiger partial charge in [0.1, 0.15) is 0 Å². The molecular formula is C15H15BrFNO. The van der Waals surface area contributed by atoms with Crippen molar-refractivity contribution in [1.29, 1.82) is 0 Å². The molecule has 0 aliphatic carbocycles. The molecule has 0 spiro atoms. The van der Waals surface area contributed by atoms with E-state index in [1.54, 1.807) is 12.1 Å². The second-order valence-electron chi connectivity index (χ2n) is 4.29. The number of nitrogens with one attached hydrogen (secondary N) is 1. The van der Waals surface area contributed by atoms with E-state index in [4.69, 9.17) is 4.74 Å². The van der Waals surface area contributed by atoms with Gasteiger partial charge in [-0.15, -0.1) is 0 Å². The summed E-state index contributed by atoms with van der Waals surface area (Å²) in [6.07, 6.45) is 0. The Balaban J connectivity index is 2.07. The normalized spacial score (nSPS) is 10.3. The predicted molar refractivity (Wildman–Crippen MR) is 79.2 cm³/mol. The maximum atomic E-state index is 13.3. The molecule has 0 aliphatic rings. The van der Waals surface area contributed by atoms with Gasteiger partial charge >= 0.3 is 0 Å². The second kappa shape index (κ2) is 6.06. The summed E-state index contributed by atoms with van der Waals surface area (Å²) in [5.41, 5.74) is 3.19. The third-order valence-corrected chi connectivity index (χ3v) is 3.76.